The van der Waals surface area contributed by atoms with E-state index in [1.807, 2.05) is 0 Å². The number of carbonyl (C=O) groups is 3. The Labute approximate surface area is 228 Å². The number of benzene rings is 2. The fourth-order valence-corrected chi connectivity index (χ4v) is 4.60. The molecule has 12 heteroatoms. The average Bonchev–Trinajstić information content (AvgIpc) is 3.74. The lowest BCUT2D eigenvalue weighted by atomic mass is 10.0. The first-order chi connectivity index (χ1) is 19.2. The summed E-state index contributed by atoms with van der Waals surface area (Å²) in [7, 11) is 0. The highest BCUT2D eigenvalue weighted by molar-refractivity contribution is 6.16. The van der Waals surface area contributed by atoms with Crippen molar-refractivity contribution in [3.63, 3.8) is 0 Å². The Hall–Kier alpha value is -4.58. The molecule has 2 aliphatic rings. The third-order valence-corrected chi connectivity index (χ3v) is 6.96. The van der Waals surface area contributed by atoms with Gasteiger partial charge in [-0.25, -0.2) is 18.6 Å². The van der Waals surface area contributed by atoms with Crippen LogP contribution in [0.4, 0.5) is 30.8 Å². The number of piperidine rings is 1. The Morgan fingerprint density at radius 3 is 2.45 bits per heavy atom. The molecule has 1 saturated heterocycles. The van der Waals surface area contributed by atoms with Crippen LogP contribution in [0.15, 0.2) is 60.8 Å². The number of carbonyl (C=O) groups excluding carboxylic acids is 3. The number of likely N-dealkylation sites (tertiary alicyclic amines) is 1. The van der Waals surface area contributed by atoms with Gasteiger partial charge in [-0.1, -0.05) is 0 Å². The normalized spacial score (nSPS) is 17.6. The molecule has 4 amide bonds. The van der Waals surface area contributed by atoms with Gasteiger partial charge in [-0.15, -0.1) is 0 Å². The standard InChI is InChI=1S/C28H27F2N5O5/c29-17-3-5-18(6-4-17)35(26(38)28(10-11-28)25(31)37)23-8-7-20(14-22(23)30)40-21-9-12-32-24(15-21)33-27(39)34-13-1-2-19(36)16-34/h3-9,12,14-15,19,36H,1-2,10-11,13,16H2,(H2,31,37)(H,32,33,39). The van der Waals surface area contributed by atoms with Gasteiger partial charge in [-0.3, -0.25) is 19.8 Å². The van der Waals surface area contributed by atoms with E-state index in [0.29, 0.717) is 19.4 Å². The van der Waals surface area contributed by atoms with E-state index >= 15 is 4.39 Å². The highest BCUT2D eigenvalue weighted by Gasteiger charge is 2.57. The van der Waals surface area contributed by atoms with E-state index < -0.39 is 41.0 Å². The van der Waals surface area contributed by atoms with E-state index in [0.717, 1.165) is 23.1 Å². The van der Waals surface area contributed by atoms with E-state index in [1.54, 1.807) is 0 Å². The first kappa shape index (κ1) is 27.0. The average molecular weight is 552 g/mol. The Morgan fingerprint density at radius 1 is 1.07 bits per heavy atom. The number of hydrogen-bond donors (Lipinski definition) is 3. The van der Waals surface area contributed by atoms with Crippen LogP contribution in [-0.4, -0.2) is 52.0 Å². The summed E-state index contributed by atoms with van der Waals surface area (Å²) < 4.78 is 34.8. The number of anilines is 3. The number of amides is 4. The van der Waals surface area contributed by atoms with Crippen molar-refractivity contribution < 1.29 is 33.0 Å². The SMILES string of the molecule is NC(=O)C1(C(=O)N(c2ccc(F)cc2)c2ccc(Oc3ccnc(NC(=O)N4CCCC(O)C4)c3)cc2F)CC1. The summed E-state index contributed by atoms with van der Waals surface area (Å²) in [6.07, 6.45) is 2.65. The van der Waals surface area contributed by atoms with E-state index in [4.69, 9.17) is 10.5 Å². The maximum absolute atomic E-state index is 15.5. The van der Waals surface area contributed by atoms with Crippen LogP contribution in [0.2, 0.25) is 0 Å². The van der Waals surface area contributed by atoms with Crippen LogP contribution in [0.5, 0.6) is 11.5 Å². The molecule has 0 radical (unpaired) electrons. The van der Waals surface area contributed by atoms with E-state index in [9.17, 15) is 23.9 Å². The lowest BCUT2D eigenvalue weighted by molar-refractivity contribution is -0.133. The number of ether oxygens (including phenoxy) is 1. The Morgan fingerprint density at radius 2 is 1.80 bits per heavy atom. The number of aliphatic hydroxyl groups is 1. The lowest BCUT2D eigenvalue weighted by Crippen LogP contribution is -2.44. The van der Waals surface area contributed by atoms with Gasteiger partial charge in [-0.2, -0.15) is 0 Å². The predicted molar refractivity (Wildman–Crippen MR) is 141 cm³/mol. The van der Waals surface area contributed by atoms with E-state index in [-0.39, 0.29) is 48.1 Å². The van der Waals surface area contributed by atoms with Gasteiger partial charge in [0.2, 0.25) is 11.8 Å². The zero-order chi connectivity index (χ0) is 28.4. The molecule has 1 saturated carbocycles. The second-order valence-corrected chi connectivity index (χ2v) is 9.83. The van der Waals surface area contributed by atoms with Crippen LogP contribution >= 0.6 is 0 Å². The van der Waals surface area contributed by atoms with Gasteiger partial charge in [0.25, 0.3) is 0 Å². The monoisotopic (exact) mass is 551 g/mol. The maximum Gasteiger partial charge on any atom is 0.323 e. The summed E-state index contributed by atoms with van der Waals surface area (Å²) in [5, 5.41) is 12.5. The number of nitrogens with zero attached hydrogens (tertiary/aromatic N) is 3. The molecule has 1 unspecified atom stereocenters. The number of β-amino-alcohol motifs (C(OH)–C–C–N with tert-alkyl or cyclic N) is 1. The Kier molecular flexibility index (Phi) is 7.35. The van der Waals surface area contributed by atoms with Crippen molar-refractivity contribution >= 4 is 35.0 Å². The summed E-state index contributed by atoms with van der Waals surface area (Å²) in [5.74, 6) is -2.33. The Balaban J connectivity index is 1.36. The molecule has 0 spiro atoms. The molecule has 1 atom stereocenters. The second-order valence-electron chi connectivity index (χ2n) is 9.83. The predicted octanol–water partition coefficient (Wildman–Crippen LogP) is 4.07. The largest absolute Gasteiger partial charge is 0.457 e. The number of primary amides is 1. The van der Waals surface area contributed by atoms with Gasteiger partial charge < -0.3 is 20.5 Å². The van der Waals surface area contributed by atoms with Crippen LogP contribution in [0.25, 0.3) is 0 Å². The number of nitrogens with two attached hydrogens (primary N) is 1. The van der Waals surface area contributed by atoms with E-state index in [2.05, 4.69) is 10.3 Å². The summed E-state index contributed by atoms with van der Waals surface area (Å²) in [6.45, 7) is 0.744. The highest BCUT2D eigenvalue weighted by Crippen LogP contribution is 2.49. The summed E-state index contributed by atoms with van der Waals surface area (Å²) in [4.78, 5) is 44.6. The van der Waals surface area contributed by atoms with Gasteiger partial charge in [0.15, 0.2) is 5.82 Å². The number of urea groups is 1. The smallest absolute Gasteiger partial charge is 0.323 e. The second kappa shape index (κ2) is 10.9. The molecule has 10 nitrogen and oxygen atoms in total. The molecule has 2 fully saturated rings. The molecule has 208 valence electrons. The van der Waals surface area contributed by atoms with Crippen molar-refractivity contribution in [1.29, 1.82) is 0 Å². The molecule has 40 heavy (non-hydrogen) atoms. The molecule has 5 rings (SSSR count). The summed E-state index contributed by atoms with van der Waals surface area (Å²) in [5.41, 5.74) is 4.05. The van der Waals surface area contributed by atoms with Gasteiger partial charge >= 0.3 is 6.03 Å². The van der Waals surface area contributed by atoms with Gasteiger partial charge in [0.05, 0.1) is 11.8 Å². The number of aliphatic hydroxyl groups excluding tert-OH is 1. The van der Waals surface area contributed by atoms with Crippen LogP contribution in [-0.2, 0) is 9.59 Å². The molecule has 2 aromatic carbocycles. The quantitative estimate of drug-likeness (QED) is 0.379. The number of aromatic nitrogens is 1. The molecule has 1 aliphatic heterocycles. The molecule has 3 aromatic rings. The minimum Gasteiger partial charge on any atom is -0.457 e. The molecule has 1 aromatic heterocycles. The number of pyridine rings is 1. The highest BCUT2D eigenvalue weighted by atomic mass is 19.1. The van der Waals surface area contributed by atoms with Crippen LogP contribution in [0.1, 0.15) is 25.7 Å². The van der Waals surface area contributed by atoms with Crippen molar-refractivity contribution in [2.75, 3.05) is 23.3 Å². The molecular weight excluding hydrogens is 524 g/mol. The third-order valence-electron chi connectivity index (χ3n) is 6.96. The maximum atomic E-state index is 15.5. The molecular formula is C28H27F2N5O5. The zero-order valence-corrected chi connectivity index (χ0v) is 21.3. The molecule has 2 heterocycles. The third kappa shape index (κ3) is 5.57. The molecule has 1 aliphatic carbocycles. The van der Waals surface area contributed by atoms with Gasteiger partial charge in [0, 0.05) is 37.1 Å². The first-order valence-corrected chi connectivity index (χ1v) is 12.7. The summed E-state index contributed by atoms with van der Waals surface area (Å²) in [6, 6.07) is 11.3. The van der Waals surface area contributed by atoms with E-state index in [1.165, 1.54) is 47.5 Å². The first-order valence-electron chi connectivity index (χ1n) is 12.7. The molecule has 0 bridgehead atoms. The van der Waals surface area contributed by atoms with Crippen molar-refractivity contribution in [1.82, 2.24) is 9.88 Å². The van der Waals surface area contributed by atoms with Crippen molar-refractivity contribution in [2.24, 2.45) is 11.1 Å². The van der Waals surface area contributed by atoms with Gasteiger partial charge in [0.1, 0.15) is 28.5 Å². The summed E-state index contributed by atoms with van der Waals surface area (Å²) >= 11 is 0. The van der Waals surface area contributed by atoms with Crippen molar-refractivity contribution in [3.8, 4) is 11.5 Å². The van der Waals surface area contributed by atoms with Crippen molar-refractivity contribution in [3.05, 3.63) is 72.4 Å². The zero-order valence-electron chi connectivity index (χ0n) is 21.3. The van der Waals surface area contributed by atoms with Crippen LogP contribution in [0, 0.1) is 17.0 Å². The van der Waals surface area contributed by atoms with Crippen LogP contribution in [0.3, 0.4) is 0 Å². The Bertz CT molecular complexity index is 1450. The van der Waals surface area contributed by atoms with Crippen LogP contribution < -0.4 is 20.7 Å². The fourth-order valence-electron chi connectivity index (χ4n) is 4.60. The lowest BCUT2D eigenvalue weighted by Gasteiger charge is -2.29. The fraction of sp³-hybridized carbons (Fsp3) is 0.286. The number of halogens is 2. The minimum atomic E-state index is -1.44. The number of rotatable bonds is 7. The minimum absolute atomic E-state index is 0.0893. The van der Waals surface area contributed by atoms with Crippen molar-refractivity contribution in [2.45, 2.75) is 31.8 Å². The topological polar surface area (TPSA) is 138 Å². The van der Waals surface area contributed by atoms with Gasteiger partial charge in [-0.05, 0) is 68.1 Å². The number of hydrogen-bond acceptors (Lipinski definition) is 6. The molecule has 4 N–H and O–H groups in total. The number of nitrogens with one attached hydrogen (secondary N) is 1.